The van der Waals surface area contributed by atoms with Crippen molar-refractivity contribution in [1.82, 2.24) is 9.88 Å². The Morgan fingerprint density at radius 3 is 2.61 bits per heavy atom. The lowest BCUT2D eigenvalue weighted by Crippen LogP contribution is -2.50. The van der Waals surface area contributed by atoms with Crippen molar-refractivity contribution in [2.75, 3.05) is 7.05 Å². The predicted octanol–water partition coefficient (Wildman–Crippen LogP) is 4.06. The first kappa shape index (κ1) is 21.5. The third-order valence-electron chi connectivity index (χ3n) is 7.00. The van der Waals surface area contributed by atoms with E-state index in [4.69, 9.17) is 9.47 Å². The Morgan fingerprint density at radius 2 is 1.97 bits per heavy atom. The molecule has 4 atom stereocenters. The molecule has 0 unspecified atom stereocenters. The van der Waals surface area contributed by atoms with Crippen LogP contribution in [-0.4, -0.2) is 47.1 Å². The van der Waals surface area contributed by atoms with Crippen molar-refractivity contribution in [3.8, 4) is 0 Å². The van der Waals surface area contributed by atoms with Crippen molar-refractivity contribution in [2.24, 2.45) is 11.3 Å². The van der Waals surface area contributed by atoms with Gasteiger partial charge in [-0.2, -0.15) is 0 Å². The maximum atomic E-state index is 12.9. The van der Waals surface area contributed by atoms with Gasteiger partial charge in [0, 0.05) is 42.0 Å². The van der Waals surface area contributed by atoms with Crippen LogP contribution in [0.15, 0.2) is 59.1 Å². The zero-order chi connectivity index (χ0) is 22.5. The molecule has 4 rings (SSSR count). The number of fused-ring (bicyclic) bond motifs is 2. The number of nitrogens with zero attached hydrogens (tertiary/aromatic N) is 2. The van der Waals surface area contributed by atoms with Crippen LogP contribution in [0.5, 0.6) is 0 Å². The summed E-state index contributed by atoms with van der Waals surface area (Å²) in [5, 5.41) is 0. The molecule has 0 aromatic carbocycles. The summed E-state index contributed by atoms with van der Waals surface area (Å²) in [6.45, 7) is 10.2. The van der Waals surface area contributed by atoms with Crippen molar-refractivity contribution >= 4 is 11.9 Å². The molecule has 0 saturated heterocycles. The Bertz CT molecular complexity index is 1010. The predicted molar refractivity (Wildman–Crippen MR) is 117 cm³/mol. The number of allylic oxidation sites excluding steroid dienone is 3. The molecule has 2 heterocycles. The summed E-state index contributed by atoms with van der Waals surface area (Å²) in [5.41, 5.74) is 4.18. The number of hydrogen-bond donors (Lipinski definition) is 0. The van der Waals surface area contributed by atoms with Gasteiger partial charge in [-0.15, -0.1) is 0 Å². The molecule has 2 aliphatic carbocycles. The lowest BCUT2D eigenvalue weighted by Gasteiger charge is -2.49. The fraction of sp³-hybridized carbons (Fsp3) is 0.480. The van der Waals surface area contributed by atoms with Crippen LogP contribution < -0.4 is 0 Å². The molecule has 164 valence electrons. The van der Waals surface area contributed by atoms with Crippen LogP contribution in [-0.2, 0) is 14.3 Å². The zero-order valence-electron chi connectivity index (χ0n) is 19.0. The highest BCUT2D eigenvalue weighted by molar-refractivity contribution is 6.00. The van der Waals surface area contributed by atoms with E-state index in [1.165, 1.54) is 0 Å². The summed E-state index contributed by atoms with van der Waals surface area (Å²) in [5.74, 6) is -0.344. The normalized spacial score (nSPS) is 30.1. The molecule has 0 saturated carbocycles. The van der Waals surface area contributed by atoms with Gasteiger partial charge in [-0.3, -0.25) is 9.78 Å². The van der Waals surface area contributed by atoms with Gasteiger partial charge in [-0.05, 0) is 62.6 Å². The summed E-state index contributed by atoms with van der Waals surface area (Å²) in [6.07, 6.45) is 7.26. The third-order valence-corrected chi connectivity index (χ3v) is 7.00. The van der Waals surface area contributed by atoms with E-state index < -0.39 is 6.10 Å². The van der Waals surface area contributed by atoms with Crippen LogP contribution in [0.3, 0.4) is 0 Å². The van der Waals surface area contributed by atoms with Gasteiger partial charge in [-0.1, -0.05) is 13.8 Å². The van der Waals surface area contributed by atoms with Crippen LogP contribution in [0.4, 0.5) is 0 Å². The first-order valence-corrected chi connectivity index (χ1v) is 10.8. The number of rotatable bonds is 4. The first-order valence-electron chi connectivity index (χ1n) is 10.8. The molecular weight excluding hydrogens is 392 g/mol. The van der Waals surface area contributed by atoms with E-state index in [1.807, 2.05) is 27.8 Å². The number of ether oxygens (including phenoxy) is 2. The standard InChI is InChI=1S/C25H30N2O4/c1-14(2)30-21-12-18-11-20-19(15(3)23(28)27(20)6)13-25(18,5)16(4)22(21)31-24(29)17-7-9-26-10-8-17/h7-12,14,16,21-22H,13H2,1-6H3/t16-,21+,22+,25+/m0/s1. The van der Waals surface area contributed by atoms with Crippen molar-refractivity contribution in [3.63, 3.8) is 0 Å². The molecule has 6 heteroatoms. The number of aromatic nitrogens is 1. The molecule has 0 N–H and O–H groups in total. The van der Waals surface area contributed by atoms with Crippen molar-refractivity contribution in [2.45, 2.75) is 59.4 Å². The Morgan fingerprint density at radius 1 is 1.29 bits per heavy atom. The minimum Gasteiger partial charge on any atom is -0.455 e. The summed E-state index contributed by atoms with van der Waals surface area (Å²) < 4.78 is 12.2. The van der Waals surface area contributed by atoms with E-state index in [0.29, 0.717) is 5.56 Å². The van der Waals surface area contributed by atoms with Crippen molar-refractivity contribution in [3.05, 3.63) is 64.7 Å². The summed E-state index contributed by atoms with van der Waals surface area (Å²) in [4.78, 5) is 31.1. The average molecular weight is 423 g/mol. The van der Waals surface area contributed by atoms with Gasteiger partial charge in [0.15, 0.2) is 0 Å². The summed E-state index contributed by atoms with van der Waals surface area (Å²) in [7, 11) is 1.82. The number of esters is 1. The van der Waals surface area contributed by atoms with Crippen LogP contribution in [0.25, 0.3) is 0 Å². The topological polar surface area (TPSA) is 68.7 Å². The zero-order valence-corrected chi connectivity index (χ0v) is 19.0. The first-order chi connectivity index (χ1) is 14.6. The number of hydrogen-bond acceptors (Lipinski definition) is 5. The Balaban J connectivity index is 1.74. The fourth-order valence-corrected chi connectivity index (χ4v) is 4.93. The second-order valence-corrected chi connectivity index (χ2v) is 9.26. The quantitative estimate of drug-likeness (QED) is 0.685. The molecule has 6 nitrogen and oxygen atoms in total. The molecule has 0 fully saturated rings. The molecule has 0 spiro atoms. The molecule has 3 aliphatic rings. The molecule has 1 amide bonds. The van der Waals surface area contributed by atoms with Crippen LogP contribution in [0.2, 0.25) is 0 Å². The SMILES string of the molecule is CC1=C2C[C@@]3(C)C(=C[C@@H](OC(C)C)[C@H](OC(=O)c4ccncc4)[C@@H]3C)C=C2N(C)C1=O. The Kier molecular flexibility index (Phi) is 5.38. The van der Waals surface area contributed by atoms with E-state index in [0.717, 1.165) is 28.8 Å². The van der Waals surface area contributed by atoms with E-state index in [9.17, 15) is 9.59 Å². The van der Waals surface area contributed by atoms with Gasteiger partial charge >= 0.3 is 5.97 Å². The second kappa shape index (κ2) is 7.75. The number of likely N-dealkylation sites (N-methyl/N-ethyl adjacent to an activating group) is 1. The number of carbonyl (C=O) groups is 2. The molecule has 1 aromatic rings. The molecular formula is C25H30N2O4. The maximum absolute atomic E-state index is 12.9. The van der Waals surface area contributed by atoms with Crippen molar-refractivity contribution in [1.29, 1.82) is 0 Å². The molecule has 1 aliphatic heterocycles. The highest BCUT2D eigenvalue weighted by Crippen LogP contribution is 2.54. The minimum atomic E-state index is -0.442. The largest absolute Gasteiger partial charge is 0.455 e. The highest BCUT2D eigenvalue weighted by Gasteiger charge is 2.51. The third kappa shape index (κ3) is 3.53. The summed E-state index contributed by atoms with van der Waals surface area (Å²) >= 11 is 0. The van der Waals surface area contributed by atoms with Gasteiger partial charge in [0.1, 0.15) is 12.2 Å². The number of amides is 1. The fourth-order valence-electron chi connectivity index (χ4n) is 4.93. The van der Waals surface area contributed by atoms with E-state index in [1.54, 1.807) is 29.4 Å². The lowest BCUT2D eigenvalue weighted by molar-refractivity contribution is -0.123. The summed E-state index contributed by atoms with van der Waals surface area (Å²) in [6, 6.07) is 3.31. The Labute approximate surface area is 183 Å². The number of carbonyl (C=O) groups excluding carboxylic acids is 2. The maximum Gasteiger partial charge on any atom is 0.338 e. The highest BCUT2D eigenvalue weighted by atomic mass is 16.6. The molecule has 31 heavy (non-hydrogen) atoms. The monoisotopic (exact) mass is 422 g/mol. The lowest BCUT2D eigenvalue weighted by atomic mass is 9.59. The van der Waals surface area contributed by atoms with E-state index in [-0.39, 0.29) is 35.4 Å². The van der Waals surface area contributed by atoms with Gasteiger partial charge in [0.2, 0.25) is 0 Å². The van der Waals surface area contributed by atoms with Crippen LogP contribution >= 0.6 is 0 Å². The molecule has 0 bridgehead atoms. The van der Waals surface area contributed by atoms with Gasteiger partial charge in [0.25, 0.3) is 5.91 Å². The van der Waals surface area contributed by atoms with Gasteiger partial charge < -0.3 is 14.4 Å². The Hall–Kier alpha value is -2.73. The van der Waals surface area contributed by atoms with E-state index in [2.05, 4.69) is 31.0 Å². The van der Waals surface area contributed by atoms with Crippen LogP contribution in [0.1, 0.15) is 51.4 Å². The molecule has 1 aromatic heterocycles. The molecule has 0 radical (unpaired) electrons. The van der Waals surface area contributed by atoms with Crippen LogP contribution in [0, 0.1) is 11.3 Å². The minimum absolute atomic E-state index is 0.0128. The second-order valence-electron chi connectivity index (χ2n) is 9.26. The number of pyridine rings is 1. The van der Waals surface area contributed by atoms with E-state index >= 15 is 0 Å². The van der Waals surface area contributed by atoms with Crippen molar-refractivity contribution < 1.29 is 19.1 Å². The van der Waals surface area contributed by atoms with Gasteiger partial charge in [0.05, 0.1) is 11.7 Å². The smallest absolute Gasteiger partial charge is 0.338 e. The van der Waals surface area contributed by atoms with Gasteiger partial charge in [-0.25, -0.2) is 4.79 Å². The average Bonchev–Trinajstić information content (AvgIpc) is 2.94.